The second kappa shape index (κ2) is 7.61. The van der Waals surface area contributed by atoms with Gasteiger partial charge in [-0.1, -0.05) is 6.07 Å². The Balaban J connectivity index is 2.12. The van der Waals surface area contributed by atoms with Crippen LogP contribution in [0.15, 0.2) is 36.4 Å². The van der Waals surface area contributed by atoms with Crippen LogP contribution in [0.4, 0.5) is 4.39 Å². The fourth-order valence-corrected chi connectivity index (χ4v) is 2.24. The smallest absolute Gasteiger partial charge is 0.162 e. The summed E-state index contributed by atoms with van der Waals surface area (Å²) in [7, 11) is 0. The Bertz CT molecular complexity index is 725. The molecule has 1 N–H and O–H groups in total. The van der Waals surface area contributed by atoms with Crippen LogP contribution >= 0.6 is 0 Å². The monoisotopic (exact) mass is 315 g/mol. The van der Waals surface area contributed by atoms with Gasteiger partial charge in [0.15, 0.2) is 11.5 Å². The third-order valence-electron chi connectivity index (χ3n) is 3.36. The summed E-state index contributed by atoms with van der Waals surface area (Å²) in [5, 5.41) is 19.2. The summed E-state index contributed by atoms with van der Waals surface area (Å²) in [5.41, 5.74) is 1.74. The number of aliphatic hydroxyl groups excluding tert-OH is 1. The third-order valence-corrected chi connectivity index (χ3v) is 3.36. The Morgan fingerprint density at radius 2 is 1.96 bits per heavy atom. The van der Waals surface area contributed by atoms with Gasteiger partial charge in [0.2, 0.25) is 0 Å². The van der Waals surface area contributed by atoms with Gasteiger partial charge in [-0.15, -0.1) is 0 Å². The van der Waals surface area contributed by atoms with Crippen LogP contribution in [0.1, 0.15) is 29.7 Å². The van der Waals surface area contributed by atoms with Crippen molar-refractivity contribution in [2.75, 3.05) is 13.2 Å². The van der Waals surface area contributed by atoms with E-state index in [1.807, 2.05) is 13.0 Å². The van der Waals surface area contributed by atoms with Crippen LogP contribution in [0.3, 0.4) is 0 Å². The van der Waals surface area contributed by atoms with E-state index in [0.717, 1.165) is 0 Å². The summed E-state index contributed by atoms with van der Waals surface area (Å²) in [6, 6.07) is 11.1. The zero-order valence-corrected chi connectivity index (χ0v) is 13.0. The number of nitriles is 1. The molecule has 0 aromatic heterocycles. The van der Waals surface area contributed by atoms with Crippen molar-refractivity contribution in [3.63, 3.8) is 0 Å². The number of ether oxygens (including phenoxy) is 2. The molecule has 1 atom stereocenters. The largest absolute Gasteiger partial charge is 0.490 e. The highest BCUT2D eigenvalue weighted by molar-refractivity contribution is 5.46. The minimum Gasteiger partial charge on any atom is -0.490 e. The van der Waals surface area contributed by atoms with E-state index in [-0.39, 0.29) is 12.4 Å². The SMILES string of the molecule is CCOc1cc(C#N)ccc1OCC(O)c1ccc(F)cc1C. The summed E-state index contributed by atoms with van der Waals surface area (Å²) in [4.78, 5) is 0. The van der Waals surface area contributed by atoms with E-state index in [4.69, 9.17) is 14.7 Å². The van der Waals surface area contributed by atoms with Crippen molar-refractivity contribution in [1.82, 2.24) is 0 Å². The minimum atomic E-state index is -0.888. The molecule has 0 amide bonds. The second-order valence-electron chi connectivity index (χ2n) is 5.03. The lowest BCUT2D eigenvalue weighted by molar-refractivity contribution is 0.105. The molecule has 0 radical (unpaired) electrons. The van der Waals surface area contributed by atoms with Gasteiger partial charge in [-0.3, -0.25) is 0 Å². The highest BCUT2D eigenvalue weighted by Gasteiger charge is 2.14. The standard InChI is InChI=1S/C18H18FNO3/c1-3-22-18-9-13(10-20)4-7-17(18)23-11-16(21)15-6-5-14(19)8-12(15)2/h4-9,16,21H,3,11H2,1-2H3. The molecule has 2 aromatic rings. The van der Waals surface area contributed by atoms with Crippen molar-refractivity contribution in [1.29, 1.82) is 5.26 Å². The third kappa shape index (κ3) is 4.21. The van der Waals surface area contributed by atoms with E-state index in [1.54, 1.807) is 31.2 Å². The molecule has 2 rings (SSSR count). The van der Waals surface area contributed by atoms with Gasteiger partial charge in [-0.2, -0.15) is 5.26 Å². The number of halogens is 1. The first-order valence-corrected chi connectivity index (χ1v) is 7.29. The normalized spacial score (nSPS) is 11.6. The molecular formula is C18H18FNO3. The first kappa shape index (κ1) is 16.8. The number of aliphatic hydroxyl groups is 1. The number of nitrogens with zero attached hydrogens (tertiary/aromatic N) is 1. The van der Waals surface area contributed by atoms with Gasteiger partial charge in [-0.25, -0.2) is 4.39 Å². The predicted molar refractivity (Wildman–Crippen MR) is 83.9 cm³/mol. The van der Waals surface area contributed by atoms with E-state index in [2.05, 4.69) is 0 Å². The molecule has 5 heteroatoms. The van der Waals surface area contributed by atoms with Crippen LogP contribution in [0.5, 0.6) is 11.5 Å². The molecule has 4 nitrogen and oxygen atoms in total. The topological polar surface area (TPSA) is 62.5 Å². The summed E-state index contributed by atoms with van der Waals surface area (Å²) < 4.78 is 24.2. The lowest BCUT2D eigenvalue weighted by atomic mass is 10.0. The van der Waals surface area contributed by atoms with E-state index >= 15 is 0 Å². The van der Waals surface area contributed by atoms with E-state index in [0.29, 0.717) is 34.8 Å². The number of hydrogen-bond acceptors (Lipinski definition) is 4. The quantitative estimate of drug-likeness (QED) is 0.886. The van der Waals surface area contributed by atoms with Gasteiger partial charge in [0, 0.05) is 6.07 Å². The molecule has 0 fully saturated rings. The molecule has 2 aromatic carbocycles. The van der Waals surface area contributed by atoms with Gasteiger partial charge < -0.3 is 14.6 Å². The maximum Gasteiger partial charge on any atom is 0.162 e. The zero-order valence-electron chi connectivity index (χ0n) is 13.0. The van der Waals surface area contributed by atoms with Crippen molar-refractivity contribution in [3.8, 4) is 17.6 Å². The van der Waals surface area contributed by atoms with Crippen LogP contribution in [-0.4, -0.2) is 18.3 Å². The molecule has 0 saturated heterocycles. The van der Waals surface area contributed by atoms with Gasteiger partial charge in [0.1, 0.15) is 18.5 Å². The van der Waals surface area contributed by atoms with Gasteiger partial charge in [0.25, 0.3) is 0 Å². The summed E-state index contributed by atoms with van der Waals surface area (Å²) in [5.74, 6) is 0.560. The average molecular weight is 315 g/mol. The average Bonchev–Trinajstić information content (AvgIpc) is 2.53. The molecule has 0 saturated carbocycles. The summed E-state index contributed by atoms with van der Waals surface area (Å²) >= 11 is 0. The summed E-state index contributed by atoms with van der Waals surface area (Å²) in [6.07, 6.45) is -0.888. The van der Waals surface area contributed by atoms with Crippen molar-refractivity contribution in [2.45, 2.75) is 20.0 Å². The fourth-order valence-electron chi connectivity index (χ4n) is 2.24. The van der Waals surface area contributed by atoms with Crippen LogP contribution < -0.4 is 9.47 Å². The van der Waals surface area contributed by atoms with Crippen molar-refractivity contribution >= 4 is 0 Å². The van der Waals surface area contributed by atoms with Gasteiger partial charge in [-0.05, 0) is 49.2 Å². The van der Waals surface area contributed by atoms with Crippen LogP contribution in [0.2, 0.25) is 0 Å². The number of aryl methyl sites for hydroxylation is 1. The molecule has 1 unspecified atom stereocenters. The molecule has 0 bridgehead atoms. The number of rotatable bonds is 6. The van der Waals surface area contributed by atoms with E-state index in [9.17, 15) is 9.50 Å². The minimum absolute atomic E-state index is 0.00154. The second-order valence-corrected chi connectivity index (χ2v) is 5.03. The molecule has 0 heterocycles. The molecule has 0 spiro atoms. The Hall–Kier alpha value is -2.58. The molecule has 0 aliphatic rings. The zero-order chi connectivity index (χ0) is 16.8. The van der Waals surface area contributed by atoms with Crippen molar-refractivity contribution in [2.24, 2.45) is 0 Å². The lowest BCUT2D eigenvalue weighted by Gasteiger charge is -2.17. The Kier molecular flexibility index (Phi) is 5.56. The number of benzene rings is 2. The van der Waals surface area contributed by atoms with E-state index < -0.39 is 6.10 Å². The molecular weight excluding hydrogens is 297 g/mol. The van der Waals surface area contributed by atoms with Crippen LogP contribution in [0, 0.1) is 24.1 Å². The first-order valence-electron chi connectivity index (χ1n) is 7.29. The lowest BCUT2D eigenvalue weighted by Crippen LogP contribution is -2.12. The van der Waals surface area contributed by atoms with Crippen LogP contribution in [0.25, 0.3) is 0 Å². The van der Waals surface area contributed by atoms with Crippen LogP contribution in [-0.2, 0) is 0 Å². The number of hydrogen-bond donors (Lipinski definition) is 1. The highest BCUT2D eigenvalue weighted by atomic mass is 19.1. The Morgan fingerprint density at radius 3 is 2.61 bits per heavy atom. The molecule has 0 aliphatic carbocycles. The van der Waals surface area contributed by atoms with Gasteiger partial charge >= 0.3 is 0 Å². The summed E-state index contributed by atoms with van der Waals surface area (Å²) in [6.45, 7) is 4.00. The molecule has 120 valence electrons. The van der Waals surface area contributed by atoms with Gasteiger partial charge in [0.05, 0.1) is 18.2 Å². The highest BCUT2D eigenvalue weighted by Crippen LogP contribution is 2.29. The Morgan fingerprint density at radius 1 is 1.17 bits per heavy atom. The van der Waals surface area contributed by atoms with Crippen molar-refractivity contribution < 1.29 is 19.0 Å². The fraction of sp³-hybridized carbons (Fsp3) is 0.278. The molecule has 23 heavy (non-hydrogen) atoms. The first-order chi connectivity index (χ1) is 11.0. The van der Waals surface area contributed by atoms with E-state index in [1.165, 1.54) is 12.1 Å². The predicted octanol–water partition coefficient (Wildman–Crippen LogP) is 3.52. The Labute approximate surface area is 134 Å². The maximum absolute atomic E-state index is 13.1. The molecule has 0 aliphatic heterocycles. The van der Waals surface area contributed by atoms with Crippen molar-refractivity contribution in [3.05, 3.63) is 58.9 Å². The maximum atomic E-state index is 13.1.